The van der Waals surface area contributed by atoms with Gasteiger partial charge in [0, 0.05) is 16.4 Å². The second-order valence-corrected chi connectivity index (χ2v) is 9.37. The average Bonchev–Trinajstić information content (AvgIpc) is 3.16. The summed E-state index contributed by atoms with van der Waals surface area (Å²) < 4.78 is 29.8. The fourth-order valence-corrected chi connectivity index (χ4v) is 4.66. The predicted octanol–water partition coefficient (Wildman–Crippen LogP) is 4.43. The zero-order valence-electron chi connectivity index (χ0n) is 17.0. The number of hydrogen-bond donors (Lipinski definition) is 0. The molecule has 0 atom stereocenters. The number of hydrogen-bond acceptors (Lipinski definition) is 5. The molecular weight excluding hydrogens is 434 g/mol. The van der Waals surface area contributed by atoms with Crippen LogP contribution in [0.1, 0.15) is 22.5 Å². The van der Waals surface area contributed by atoms with Gasteiger partial charge in [-0.25, -0.2) is 17.7 Å². The number of benzene rings is 2. The lowest BCUT2D eigenvalue weighted by atomic mass is 10.1. The number of sulfonamides is 1. The van der Waals surface area contributed by atoms with Crippen LogP contribution in [-0.4, -0.2) is 28.0 Å². The molecular formula is C22H20ClN5O2S. The summed E-state index contributed by atoms with van der Waals surface area (Å²) in [5.41, 5.74) is 3.30. The molecule has 0 N–H and O–H groups in total. The molecule has 4 rings (SSSR count). The summed E-state index contributed by atoms with van der Waals surface area (Å²) in [6.45, 7) is 7.52. The second-order valence-electron chi connectivity index (χ2n) is 7.07. The maximum absolute atomic E-state index is 13.6. The van der Waals surface area contributed by atoms with Gasteiger partial charge < -0.3 is 0 Å². The van der Waals surface area contributed by atoms with E-state index in [-0.39, 0.29) is 17.4 Å². The van der Waals surface area contributed by atoms with Crippen LogP contribution in [0.3, 0.4) is 0 Å². The van der Waals surface area contributed by atoms with Gasteiger partial charge in [-0.2, -0.15) is 9.50 Å². The zero-order chi connectivity index (χ0) is 22.2. The molecule has 0 aliphatic carbocycles. The summed E-state index contributed by atoms with van der Waals surface area (Å²) in [6, 6.07) is 15.3. The summed E-state index contributed by atoms with van der Waals surface area (Å²) in [4.78, 5) is 8.89. The van der Waals surface area contributed by atoms with Crippen molar-refractivity contribution in [2.24, 2.45) is 0 Å². The van der Waals surface area contributed by atoms with Gasteiger partial charge in [0.05, 0.1) is 11.4 Å². The van der Waals surface area contributed by atoms with Gasteiger partial charge in [0.25, 0.3) is 21.7 Å². The normalized spacial score (nSPS) is 11.6. The Morgan fingerprint density at radius 1 is 1.06 bits per heavy atom. The van der Waals surface area contributed by atoms with Crippen molar-refractivity contribution in [3.8, 4) is 0 Å². The largest absolute Gasteiger partial charge is 0.267 e. The number of nitrogens with zero attached hydrogens (tertiary/aromatic N) is 5. The topological polar surface area (TPSA) is 80.5 Å². The molecule has 0 saturated carbocycles. The summed E-state index contributed by atoms with van der Waals surface area (Å²) in [6.07, 6.45) is 1.73. The molecule has 4 aromatic rings. The third-order valence-corrected chi connectivity index (χ3v) is 6.77. The highest BCUT2D eigenvalue weighted by atomic mass is 35.5. The van der Waals surface area contributed by atoms with Crippen LogP contribution in [0.15, 0.2) is 66.1 Å². The standard InChI is InChI=1S/C22H20ClN5O2S/c1-4-17-5-7-18(8-6-17)14-27(31(29,30)20-11-9-19(23)10-12-20)22-25-21-24-15(2)13-16(3)28(21)26-22/h4-13H,1,14H2,2-3H3. The Morgan fingerprint density at radius 3 is 2.39 bits per heavy atom. The lowest BCUT2D eigenvalue weighted by Gasteiger charge is -2.21. The number of fused-ring (bicyclic) bond motifs is 1. The highest BCUT2D eigenvalue weighted by Gasteiger charge is 2.29. The minimum Gasteiger partial charge on any atom is -0.228 e. The van der Waals surface area contributed by atoms with E-state index in [1.54, 1.807) is 6.08 Å². The molecule has 0 spiro atoms. The van der Waals surface area contributed by atoms with Crippen LogP contribution in [0, 0.1) is 13.8 Å². The molecule has 9 heteroatoms. The summed E-state index contributed by atoms with van der Waals surface area (Å²) in [5, 5.41) is 4.89. The molecule has 0 bridgehead atoms. The van der Waals surface area contributed by atoms with Crippen LogP contribution >= 0.6 is 11.6 Å². The van der Waals surface area contributed by atoms with Crippen LogP contribution in [0.25, 0.3) is 11.9 Å². The monoisotopic (exact) mass is 453 g/mol. The SMILES string of the molecule is C=Cc1ccc(CN(c2nc3nc(C)cc(C)n3n2)S(=O)(=O)c2ccc(Cl)cc2)cc1. The molecule has 0 radical (unpaired) electrons. The molecule has 0 aliphatic heterocycles. The Morgan fingerprint density at radius 2 is 1.74 bits per heavy atom. The predicted molar refractivity (Wildman–Crippen MR) is 122 cm³/mol. The van der Waals surface area contributed by atoms with E-state index < -0.39 is 10.0 Å². The first kappa shape index (κ1) is 21.0. The Hall–Kier alpha value is -3.23. The molecule has 0 amide bonds. The maximum atomic E-state index is 13.6. The van der Waals surface area contributed by atoms with Gasteiger partial charge in [-0.15, -0.1) is 5.10 Å². The van der Waals surface area contributed by atoms with E-state index in [9.17, 15) is 8.42 Å². The van der Waals surface area contributed by atoms with E-state index >= 15 is 0 Å². The Labute approximate surface area is 185 Å². The van der Waals surface area contributed by atoms with E-state index in [1.165, 1.54) is 33.1 Å². The third kappa shape index (κ3) is 4.17. The van der Waals surface area contributed by atoms with Crippen molar-refractivity contribution in [1.29, 1.82) is 0 Å². The van der Waals surface area contributed by atoms with Crippen molar-refractivity contribution in [1.82, 2.24) is 19.6 Å². The van der Waals surface area contributed by atoms with Gasteiger partial charge >= 0.3 is 0 Å². The minimum atomic E-state index is -3.97. The zero-order valence-corrected chi connectivity index (χ0v) is 18.6. The molecule has 2 aromatic heterocycles. The lowest BCUT2D eigenvalue weighted by molar-refractivity contribution is 0.589. The highest BCUT2D eigenvalue weighted by Crippen LogP contribution is 2.25. The molecule has 31 heavy (non-hydrogen) atoms. The van der Waals surface area contributed by atoms with Crippen LogP contribution < -0.4 is 4.31 Å². The number of aromatic nitrogens is 4. The number of anilines is 1. The van der Waals surface area contributed by atoms with Crippen molar-refractivity contribution in [2.45, 2.75) is 25.3 Å². The van der Waals surface area contributed by atoms with Gasteiger partial charge in [-0.05, 0) is 55.3 Å². The van der Waals surface area contributed by atoms with E-state index in [4.69, 9.17) is 11.6 Å². The third-order valence-electron chi connectivity index (χ3n) is 4.77. The van der Waals surface area contributed by atoms with Crippen LogP contribution in [0.2, 0.25) is 5.02 Å². The van der Waals surface area contributed by atoms with Gasteiger partial charge in [-0.1, -0.05) is 48.5 Å². The van der Waals surface area contributed by atoms with Crippen molar-refractivity contribution < 1.29 is 8.42 Å². The van der Waals surface area contributed by atoms with Gasteiger partial charge in [0.2, 0.25) is 0 Å². The van der Waals surface area contributed by atoms with Crippen LogP contribution in [0.4, 0.5) is 5.95 Å². The maximum Gasteiger partial charge on any atom is 0.267 e. The summed E-state index contributed by atoms with van der Waals surface area (Å²) >= 11 is 5.95. The molecule has 0 fully saturated rings. The Balaban J connectivity index is 1.84. The fraction of sp³-hybridized carbons (Fsp3) is 0.136. The Kier molecular flexibility index (Phi) is 5.51. The molecule has 2 aromatic carbocycles. The van der Waals surface area contributed by atoms with E-state index in [0.717, 1.165) is 22.5 Å². The van der Waals surface area contributed by atoms with Crippen molar-refractivity contribution >= 4 is 39.4 Å². The van der Waals surface area contributed by atoms with Gasteiger partial charge in [-0.3, -0.25) is 0 Å². The van der Waals surface area contributed by atoms with Gasteiger partial charge in [0.1, 0.15) is 0 Å². The summed E-state index contributed by atoms with van der Waals surface area (Å²) in [5.74, 6) is 0.384. The fourth-order valence-electron chi connectivity index (χ4n) is 3.18. The number of rotatable bonds is 6. The Bertz CT molecular complexity index is 1360. The molecule has 0 saturated heterocycles. The molecule has 7 nitrogen and oxygen atoms in total. The van der Waals surface area contributed by atoms with Gasteiger partial charge in [0.15, 0.2) is 0 Å². The number of aryl methyl sites for hydroxylation is 2. The van der Waals surface area contributed by atoms with E-state index in [1.807, 2.05) is 44.2 Å². The average molecular weight is 454 g/mol. The van der Waals surface area contributed by atoms with Crippen molar-refractivity contribution in [3.63, 3.8) is 0 Å². The summed E-state index contributed by atoms with van der Waals surface area (Å²) in [7, 11) is -3.97. The van der Waals surface area contributed by atoms with Crippen molar-refractivity contribution in [3.05, 3.63) is 88.7 Å². The van der Waals surface area contributed by atoms with Crippen LogP contribution in [-0.2, 0) is 16.6 Å². The smallest absolute Gasteiger partial charge is 0.228 e. The minimum absolute atomic E-state index is 0.0453. The van der Waals surface area contributed by atoms with E-state index in [2.05, 4.69) is 21.6 Å². The van der Waals surface area contributed by atoms with E-state index in [0.29, 0.717) is 10.8 Å². The lowest BCUT2D eigenvalue weighted by Crippen LogP contribution is -2.31. The quantitative estimate of drug-likeness (QED) is 0.431. The molecule has 0 unspecified atom stereocenters. The molecule has 158 valence electrons. The molecule has 0 aliphatic rings. The molecule has 2 heterocycles. The van der Waals surface area contributed by atoms with Crippen molar-refractivity contribution in [2.75, 3.05) is 4.31 Å². The second kappa shape index (κ2) is 8.13. The van der Waals surface area contributed by atoms with Crippen LogP contribution in [0.5, 0.6) is 0 Å². The highest BCUT2D eigenvalue weighted by molar-refractivity contribution is 7.92. The number of halogens is 1. The first-order chi connectivity index (χ1) is 14.8. The first-order valence-corrected chi connectivity index (χ1v) is 11.3. The first-order valence-electron chi connectivity index (χ1n) is 9.48.